The summed E-state index contributed by atoms with van der Waals surface area (Å²) in [5, 5.41) is 0. The number of anilines is 1. The van der Waals surface area contributed by atoms with Gasteiger partial charge in [0.25, 0.3) is 0 Å². The fourth-order valence-electron chi connectivity index (χ4n) is 1.00. The molecule has 0 fully saturated rings. The van der Waals surface area contributed by atoms with Crippen LogP contribution in [-0.2, 0) is 4.74 Å². The third kappa shape index (κ3) is 1.76. The lowest BCUT2D eigenvalue weighted by atomic mass is 10.2. The standard InChI is InChI=1S/C9H10FNO3/c1-13-7-4-5(9(12)14-2)3-6(11)8(7)10/h3-4H,11H2,1-2H3. The SMILES string of the molecule is COC(=O)c1cc(N)c(F)c(OC)c1. The summed E-state index contributed by atoms with van der Waals surface area (Å²) in [7, 11) is 2.52. The maximum atomic E-state index is 13.1. The van der Waals surface area contributed by atoms with E-state index in [-0.39, 0.29) is 17.0 Å². The van der Waals surface area contributed by atoms with Crippen LogP contribution >= 0.6 is 0 Å². The van der Waals surface area contributed by atoms with Crippen LogP contribution < -0.4 is 10.5 Å². The van der Waals surface area contributed by atoms with Crippen LogP contribution in [0.4, 0.5) is 10.1 Å². The maximum absolute atomic E-state index is 13.1. The molecular weight excluding hydrogens is 189 g/mol. The minimum Gasteiger partial charge on any atom is -0.494 e. The summed E-state index contributed by atoms with van der Waals surface area (Å²) in [5.74, 6) is -1.35. The minimum absolute atomic E-state index is 0.0783. The zero-order valence-electron chi connectivity index (χ0n) is 7.83. The van der Waals surface area contributed by atoms with Crippen molar-refractivity contribution in [3.8, 4) is 5.75 Å². The summed E-state index contributed by atoms with van der Waals surface area (Å²) in [4.78, 5) is 11.1. The second-order valence-corrected chi connectivity index (χ2v) is 2.57. The quantitative estimate of drug-likeness (QED) is 0.574. The lowest BCUT2D eigenvalue weighted by molar-refractivity contribution is 0.0600. The van der Waals surface area contributed by atoms with Crippen molar-refractivity contribution in [2.24, 2.45) is 0 Å². The van der Waals surface area contributed by atoms with Gasteiger partial charge < -0.3 is 15.2 Å². The fraction of sp³-hybridized carbons (Fsp3) is 0.222. The third-order valence-electron chi connectivity index (χ3n) is 1.71. The van der Waals surface area contributed by atoms with Crippen LogP contribution in [0, 0.1) is 5.82 Å². The summed E-state index contributed by atoms with van der Waals surface area (Å²) in [6, 6.07) is 2.43. The predicted molar refractivity (Wildman–Crippen MR) is 48.7 cm³/mol. The van der Waals surface area contributed by atoms with Crippen LogP contribution in [0.5, 0.6) is 5.75 Å². The molecule has 0 heterocycles. The highest BCUT2D eigenvalue weighted by molar-refractivity contribution is 5.91. The molecule has 0 aliphatic heterocycles. The molecule has 0 aliphatic carbocycles. The van der Waals surface area contributed by atoms with Gasteiger partial charge in [-0.25, -0.2) is 9.18 Å². The number of halogens is 1. The molecule has 0 saturated carbocycles. The molecule has 2 N–H and O–H groups in total. The molecule has 0 saturated heterocycles. The van der Waals surface area contributed by atoms with Crippen LogP contribution in [0.15, 0.2) is 12.1 Å². The average molecular weight is 199 g/mol. The Kier molecular flexibility index (Phi) is 2.91. The average Bonchev–Trinajstić information content (AvgIpc) is 2.20. The van der Waals surface area contributed by atoms with Crippen molar-refractivity contribution < 1.29 is 18.7 Å². The van der Waals surface area contributed by atoms with Gasteiger partial charge >= 0.3 is 5.97 Å². The lowest BCUT2D eigenvalue weighted by Gasteiger charge is -2.06. The maximum Gasteiger partial charge on any atom is 0.338 e. The monoisotopic (exact) mass is 199 g/mol. The predicted octanol–water partition coefficient (Wildman–Crippen LogP) is 1.20. The van der Waals surface area contributed by atoms with E-state index in [2.05, 4.69) is 4.74 Å². The third-order valence-corrected chi connectivity index (χ3v) is 1.71. The molecule has 0 radical (unpaired) electrons. The van der Waals surface area contributed by atoms with Crippen molar-refractivity contribution in [1.82, 2.24) is 0 Å². The Morgan fingerprint density at radius 3 is 2.57 bits per heavy atom. The van der Waals surface area contributed by atoms with Gasteiger partial charge in [0.05, 0.1) is 25.5 Å². The van der Waals surface area contributed by atoms with E-state index >= 15 is 0 Å². The Morgan fingerprint density at radius 2 is 2.07 bits per heavy atom. The van der Waals surface area contributed by atoms with Crippen molar-refractivity contribution >= 4 is 11.7 Å². The fourth-order valence-corrected chi connectivity index (χ4v) is 1.00. The molecule has 1 aromatic carbocycles. The smallest absolute Gasteiger partial charge is 0.338 e. The van der Waals surface area contributed by atoms with E-state index in [1.54, 1.807) is 0 Å². The van der Waals surface area contributed by atoms with Crippen molar-refractivity contribution in [2.75, 3.05) is 20.0 Å². The molecule has 5 heteroatoms. The molecule has 0 amide bonds. The molecule has 0 atom stereocenters. The van der Waals surface area contributed by atoms with Gasteiger partial charge in [0.15, 0.2) is 11.6 Å². The zero-order valence-corrected chi connectivity index (χ0v) is 7.83. The number of carbonyl (C=O) groups excluding carboxylic acids is 1. The molecule has 14 heavy (non-hydrogen) atoms. The first-order chi connectivity index (χ1) is 6.60. The van der Waals surface area contributed by atoms with Gasteiger partial charge in [-0.1, -0.05) is 0 Å². The molecule has 0 unspecified atom stereocenters. The van der Waals surface area contributed by atoms with Crippen LogP contribution in [0.1, 0.15) is 10.4 Å². The van der Waals surface area contributed by atoms with E-state index in [9.17, 15) is 9.18 Å². The van der Waals surface area contributed by atoms with Gasteiger partial charge in [-0.15, -0.1) is 0 Å². The Morgan fingerprint density at radius 1 is 1.43 bits per heavy atom. The Labute approximate surface area is 80.4 Å². The van der Waals surface area contributed by atoms with Crippen LogP contribution in [0.3, 0.4) is 0 Å². The van der Waals surface area contributed by atoms with E-state index < -0.39 is 11.8 Å². The first kappa shape index (κ1) is 10.3. The molecule has 4 nitrogen and oxygen atoms in total. The number of hydrogen-bond donors (Lipinski definition) is 1. The van der Waals surface area contributed by atoms with Crippen molar-refractivity contribution in [1.29, 1.82) is 0 Å². The summed E-state index contributed by atoms with van der Waals surface area (Å²) in [6.45, 7) is 0. The number of methoxy groups -OCH3 is 2. The van der Waals surface area contributed by atoms with Gasteiger partial charge in [-0.05, 0) is 12.1 Å². The number of nitrogen functional groups attached to an aromatic ring is 1. The number of hydrogen-bond acceptors (Lipinski definition) is 4. The highest BCUT2D eigenvalue weighted by Crippen LogP contribution is 2.24. The van der Waals surface area contributed by atoms with Gasteiger partial charge in [-0.2, -0.15) is 0 Å². The molecule has 0 spiro atoms. The van der Waals surface area contributed by atoms with Gasteiger partial charge in [0, 0.05) is 0 Å². The lowest BCUT2D eigenvalue weighted by Crippen LogP contribution is -2.04. The molecule has 0 aliphatic rings. The van der Waals surface area contributed by atoms with E-state index in [0.29, 0.717) is 0 Å². The Hall–Kier alpha value is -1.78. The molecule has 1 aromatic rings. The molecule has 1 rings (SSSR count). The Bertz CT molecular complexity index is 365. The number of ether oxygens (including phenoxy) is 2. The highest BCUT2D eigenvalue weighted by atomic mass is 19.1. The molecule has 76 valence electrons. The second-order valence-electron chi connectivity index (χ2n) is 2.57. The van der Waals surface area contributed by atoms with Crippen molar-refractivity contribution in [2.45, 2.75) is 0 Å². The van der Waals surface area contributed by atoms with E-state index in [1.165, 1.54) is 26.4 Å². The largest absolute Gasteiger partial charge is 0.494 e. The summed E-state index contributed by atoms with van der Waals surface area (Å²) in [6.07, 6.45) is 0. The normalized spacial score (nSPS) is 9.64. The van der Waals surface area contributed by atoms with E-state index in [1.807, 2.05) is 0 Å². The number of benzene rings is 1. The first-order valence-corrected chi connectivity index (χ1v) is 3.81. The van der Waals surface area contributed by atoms with Crippen LogP contribution in [0.25, 0.3) is 0 Å². The number of rotatable bonds is 2. The van der Waals surface area contributed by atoms with Gasteiger partial charge in [0.2, 0.25) is 0 Å². The topological polar surface area (TPSA) is 61.5 Å². The Balaban J connectivity index is 3.22. The van der Waals surface area contributed by atoms with Crippen LogP contribution in [-0.4, -0.2) is 20.2 Å². The first-order valence-electron chi connectivity index (χ1n) is 3.81. The summed E-state index contributed by atoms with van der Waals surface area (Å²) >= 11 is 0. The second kappa shape index (κ2) is 3.95. The molecule has 0 aromatic heterocycles. The number of carbonyl (C=O) groups is 1. The number of nitrogens with two attached hydrogens (primary N) is 1. The van der Waals surface area contributed by atoms with Gasteiger partial charge in [-0.3, -0.25) is 0 Å². The number of esters is 1. The zero-order chi connectivity index (χ0) is 10.7. The van der Waals surface area contributed by atoms with E-state index in [4.69, 9.17) is 10.5 Å². The minimum atomic E-state index is -0.680. The van der Waals surface area contributed by atoms with Gasteiger partial charge in [0.1, 0.15) is 0 Å². The van der Waals surface area contributed by atoms with Crippen molar-refractivity contribution in [3.05, 3.63) is 23.5 Å². The summed E-state index contributed by atoms with van der Waals surface area (Å²) < 4.78 is 22.3. The van der Waals surface area contributed by atoms with E-state index in [0.717, 1.165) is 0 Å². The van der Waals surface area contributed by atoms with Crippen LogP contribution in [0.2, 0.25) is 0 Å². The molecular formula is C9H10FNO3. The summed E-state index contributed by atoms with van der Waals surface area (Å²) in [5.41, 5.74) is 5.33. The highest BCUT2D eigenvalue weighted by Gasteiger charge is 2.13. The van der Waals surface area contributed by atoms with Crippen molar-refractivity contribution in [3.63, 3.8) is 0 Å². The molecule has 0 bridgehead atoms.